The van der Waals surface area contributed by atoms with Crippen molar-refractivity contribution >= 4 is 17.7 Å². The Balaban J connectivity index is 2.05. The summed E-state index contributed by atoms with van der Waals surface area (Å²) in [5.41, 5.74) is 5.43. The Bertz CT molecular complexity index is 249. The largest absolute Gasteiger partial charge is 0.368 e. The molecule has 0 bridgehead atoms. The van der Waals surface area contributed by atoms with Crippen LogP contribution in [0.2, 0.25) is 0 Å². The number of rotatable bonds is 3. The van der Waals surface area contributed by atoms with E-state index in [9.17, 15) is 4.79 Å². The lowest BCUT2D eigenvalue weighted by molar-refractivity contribution is -0.122. The molecule has 2 fully saturated rings. The zero-order valence-electron chi connectivity index (χ0n) is 9.11. The summed E-state index contributed by atoms with van der Waals surface area (Å²) in [4.78, 5) is 13.6. The zero-order chi connectivity index (χ0) is 10.8. The first kappa shape index (κ1) is 11.2. The Morgan fingerprint density at radius 1 is 1.53 bits per heavy atom. The van der Waals surface area contributed by atoms with Crippen LogP contribution in [0, 0.1) is 0 Å². The number of amides is 1. The van der Waals surface area contributed by atoms with E-state index in [2.05, 4.69) is 16.5 Å². The molecule has 0 aromatic heterocycles. The molecule has 0 aromatic carbocycles. The number of nitrogens with zero attached hydrogens (tertiary/aromatic N) is 1. The molecule has 2 aliphatic heterocycles. The molecule has 15 heavy (non-hydrogen) atoms. The van der Waals surface area contributed by atoms with Crippen LogP contribution in [0.4, 0.5) is 0 Å². The molecule has 3 atom stereocenters. The monoisotopic (exact) mass is 229 g/mol. The fourth-order valence-corrected chi connectivity index (χ4v) is 3.55. The van der Waals surface area contributed by atoms with Gasteiger partial charge in [0.2, 0.25) is 5.91 Å². The lowest BCUT2D eigenvalue weighted by Crippen LogP contribution is -2.49. The number of nitrogens with two attached hydrogens (primary N) is 1. The van der Waals surface area contributed by atoms with Crippen molar-refractivity contribution in [2.24, 2.45) is 5.73 Å². The van der Waals surface area contributed by atoms with Crippen LogP contribution in [0.3, 0.4) is 0 Å². The third-order valence-electron chi connectivity index (χ3n) is 3.48. The van der Waals surface area contributed by atoms with E-state index < -0.39 is 0 Å². The third kappa shape index (κ3) is 2.14. The Morgan fingerprint density at radius 2 is 2.33 bits per heavy atom. The van der Waals surface area contributed by atoms with E-state index in [1.165, 1.54) is 0 Å². The summed E-state index contributed by atoms with van der Waals surface area (Å²) in [5, 5.41) is 4.00. The van der Waals surface area contributed by atoms with Crippen LogP contribution in [0.15, 0.2) is 0 Å². The molecule has 3 N–H and O–H groups in total. The highest BCUT2D eigenvalue weighted by atomic mass is 32.2. The van der Waals surface area contributed by atoms with E-state index in [1.54, 1.807) is 0 Å². The van der Waals surface area contributed by atoms with Crippen molar-refractivity contribution < 1.29 is 4.79 Å². The summed E-state index contributed by atoms with van der Waals surface area (Å²) < 4.78 is 0. The molecule has 3 unspecified atom stereocenters. The second-order valence-corrected chi connectivity index (χ2v) is 5.37. The number of thioether (sulfide) groups is 1. The zero-order valence-corrected chi connectivity index (χ0v) is 9.93. The van der Waals surface area contributed by atoms with Crippen molar-refractivity contribution in [1.29, 1.82) is 0 Å². The average molecular weight is 229 g/mol. The number of nitrogens with one attached hydrogen (secondary N) is 1. The predicted molar refractivity (Wildman–Crippen MR) is 62.9 cm³/mol. The normalized spacial score (nSPS) is 37.3. The first-order valence-corrected chi connectivity index (χ1v) is 6.81. The summed E-state index contributed by atoms with van der Waals surface area (Å²) in [6.07, 6.45) is 4.18. The van der Waals surface area contributed by atoms with E-state index in [0.717, 1.165) is 32.5 Å². The van der Waals surface area contributed by atoms with Gasteiger partial charge in [0.25, 0.3) is 0 Å². The van der Waals surface area contributed by atoms with Gasteiger partial charge in [0, 0.05) is 24.4 Å². The van der Waals surface area contributed by atoms with Crippen LogP contribution in [-0.4, -0.2) is 54.0 Å². The van der Waals surface area contributed by atoms with Crippen molar-refractivity contribution in [1.82, 2.24) is 10.2 Å². The summed E-state index contributed by atoms with van der Waals surface area (Å²) in [6, 6.07) is 0.463. The van der Waals surface area contributed by atoms with Gasteiger partial charge in [-0.2, -0.15) is 11.8 Å². The number of likely N-dealkylation sites (tertiary alicyclic amines) is 1. The maximum Gasteiger partial charge on any atom is 0.234 e. The fraction of sp³-hybridized carbons (Fsp3) is 0.900. The highest BCUT2D eigenvalue weighted by molar-refractivity contribution is 7.99. The van der Waals surface area contributed by atoms with Gasteiger partial charge >= 0.3 is 0 Å². The van der Waals surface area contributed by atoms with E-state index >= 15 is 0 Å². The molecule has 0 aromatic rings. The van der Waals surface area contributed by atoms with Crippen molar-refractivity contribution in [3.05, 3.63) is 0 Å². The molecule has 0 spiro atoms. The van der Waals surface area contributed by atoms with Gasteiger partial charge in [-0.25, -0.2) is 0 Å². The SMILES string of the molecule is CSC1CNCC1N1CCCC1C(N)=O. The minimum Gasteiger partial charge on any atom is -0.368 e. The van der Waals surface area contributed by atoms with Gasteiger partial charge in [-0.3, -0.25) is 9.69 Å². The molecule has 2 saturated heterocycles. The molecule has 2 aliphatic rings. The standard InChI is InChI=1S/C10H19N3OS/c1-15-9-6-12-5-8(9)13-4-2-3-7(13)10(11)14/h7-9,12H,2-6H2,1H3,(H2,11,14). The fourth-order valence-electron chi connectivity index (χ4n) is 2.70. The van der Waals surface area contributed by atoms with Crippen LogP contribution in [0.25, 0.3) is 0 Å². The topological polar surface area (TPSA) is 58.4 Å². The molecular weight excluding hydrogens is 210 g/mol. The molecule has 0 aliphatic carbocycles. The highest BCUT2D eigenvalue weighted by Crippen LogP contribution is 2.27. The van der Waals surface area contributed by atoms with E-state index in [-0.39, 0.29) is 11.9 Å². The molecule has 0 saturated carbocycles. The van der Waals surface area contributed by atoms with Crippen LogP contribution >= 0.6 is 11.8 Å². The maximum absolute atomic E-state index is 11.3. The molecule has 4 nitrogen and oxygen atoms in total. The number of primary amides is 1. The summed E-state index contributed by atoms with van der Waals surface area (Å²) in [7, 11) is 0. The lowest BCUT2D eigenvalue weighted by atomic mass is 10.1. The molecular formula is C10H19N3OS. The number of carbonyl (C=O) groups is 1. The Hall–Kier alpha value is -0.260. The van der Waals surface area contributed by atoms with Crippen LogP contribution in [-0.2, 0) is 4.79 Å². The van der Waals surface area contributed by atoms with Crippen LogP contribution in [0.5, 0.6) is 0 Å². The molecule has 1 amide bonds. The van der Waals surface area contributed by atoms with Crippen LogP contribution in [0.1, 0.15) is 12.8 Å². The van der Waals surface area contributed by atoms with E-state index in [0.29, 0.717) is 11.3 Å². The number of hydrogen-bond acceptors (Lipinski definition) is 4. The van der Waals surface area contributed by atoms with Gasteiger partial charge < -0.3 is 11.1 Å². The molecule has 5 heteroatoms. The van der Waals surface area contributed by atoms with Gasteiger partial charge in [0.1, 0.15) is 0 Å². The lowest BCUT2D eigenvalue weighted by Gasteiger charge is -2.31. The van der Waals surface area contributed by atoms with Crippen molar-refractivity contribution in [2.45, 2.75) is 30.2 Å². The molecule has 0 radical (unpaired) electrons. The van der Waals surface area contributed by atoms with Crippen LogP contribution < -0.4 is 11.1 Å². The summed E-state index contributed by atoms with van der Waals surface area (Å²) >= 11 is 1.88. The first-order chi connectivity index (χ1) is 7.24. The molecule has 86 valence electrons. The van der Waals surface area contributed by atoms with Gasteiger partial charge in [-0.15, -0.1) is 0 Å². The smallest absolute Gasteiger partial charge is 0.234 e. The summed E-state index contributed by atoms with van der Waals surface area (Å²) in [5.74, 6) is -0.153. The Morgan fingerprint density at radius 3 is 3.00 bits per heavy atom. The number of hydrogen-bond donors (Lipinski definition) is 2. The van der Waals surface area contributed by atoms with E-state index in [4.69, 9.17) is 5.73 Å². The van der Waals surface area contributed by atoms with Gasteiger partial charge in [0.05, 0.1) is 6.04 Å². The predicted octanol–water partition coefficient (Wildman–Crippen LogP) is -0.360. The number of carbonyl (C=O) groups excluding carboxylic acids is 1. The van der Waals surface area contributed by atoms with Crippen molar-refractivity contribution in [3.8, 4) is 0 Å². The quantitative estimate of drug-likeness (QED) is 0.694. The Kier molecular flexibility index (Phi) is 3.53. The second kappa shape index (κ2) is 4.72. The Labute approximate surface area is 94.9 Å². The molecule has 2 rings (SSSR count). The van der Waals surface area contributed by atoms with Gasteiger partial charge in [0.15, 0.2) is 0 Å². The van der Waals surface area contributed by atoms with Gasteiger partial charge in [-0.05, 0) is 25.6 Å². The maximum atomic E-state index is 11.3. The highest BCUT2D eigenvalue weighted by Gasteiger charge is 2.39. The minimum absolute atomic E-state index is 0.0236. The molecule has 2 heterocycles. The van der Waals surface area contributed by atoms with Crippen molar-refractivity contribution in [2.75, 3.05) is 25.9 Å². The first-order valence-electron chi connectivity index (χ1n) is 5.52. The second-order valence-electron chi connectivity index (χ2n) is 4.30. The van der Waals surface area contributed by atoms with Gasteiger partial charge in [-0.1, -0.05) is 0 Å². The van der Waals surface area contributed by atoms with Crippen molar-refractivity contribution in [3.63, 3.8) is 0 Å². The minimum atomic E-state index is -0.153. The third-order valence-corrected chi connectivity index (χ3v) is 4.57. The average Bonchev–Trinajstić information content (AvgIpc) is 2.85. The van der Waals surface area contributed by atoms with E-state index in [1.807, 2.05) is 11.8 Å². The summed E-state index contributed by atoms with van der Waals surface area (Å²) in [6.45, 7) is 3.07.